The topological polar surface area (TPSA) is 89.3 Å². The van der Waals surface area contributed by atoms with E-state index in [9.17, 15) is 18.8 Å². The number of carbonyl (C=O) groups is 2. The van der Waals surface area contributed by atoms with Gasteiger partial charge in [0.05, 0.1) is 29.3 Å². The van der Waals surface area contributed by atoms with Gasteiger partial charge in [-0.05, 0) is 48.0 Å². The van der Waals surface area contributed by atoms with Crippen LogP contribution in [0.15, 0.2) is 88.8 Å². The van der Waals surface area contributed by atoms with E-state index in [1.54, 1.807) is 36.4 Å². The van der Waals surface area contributed by atoms with Crippen LogP contribution in [0.5, 0.6) is 11.5 Å². The molecule has 4 aromatic rings. The summed E-state index contributed by atoms with van der Waals surface area (Å²) in [7, 11) is 0. The van der Waals surface area contributed by atoms with Crippen LogP contribution in [0.1, 0.15) is 21.5 Å². The van der Waals surface area contributed by atoms with Gasteiger partial charge in [0.1, 0.15) is 17.9 Å². The van der Waals surface area contributed by atoms with Crippen molar-refractivity contribution in [3.05, 3.63) is 117 Å². The van der Waals surface area contributed by atoms with Crippen LogP contribution in [0.4, 0.5) is 4.39 Å². The van der Waals surface area contributed by atoms with Crippen molar-refractivity contribution >= 4 is 34.4 Å². The third kappa shape index (κ3) is 5.69. The van der Waals surface area contributed by atoms with Gasteiger partial charge in [0.2, 0.25) is 12.7 Å². The van der Waals surface area contributed by atoms with Crippen molar-refractivity contribution in [3.8, 4) is 11.5 Å². The molecule has 5 rings (SSSR count). The molecule has 0 fully saturated rings. The van der Waals surface area contributed by atoms with Gasteiger partial charge in [-0.25, -0.2) is 4.39 Å². The molecule has 204 valence electrons. The predicted molar refractivity (Wildman–Crippen MR) is 147 cm³/mol. The molecule has 0 unspecified atom stereocenters. The molecule has 8 nitrogen and oxygen atoms in total. The molecule has 40 heavy (non-hydrogen) atoms. The Morgan fingerprint density at radius 3 is 2.60 bits per heavy atom. The van der Waals surface area contributed by atoms with Gasteiger partial charge in [0.15, 0.2) is 16.9 Å². The van der Waals surface area contributed by atoms with E-state index in [1.807, 2.05) is 0 Å². The zero-order valence-electron chi connectivity index (χ0n) is 21.3. The Kier molecular flexibility index (Phi) is 7.84. The number of nitrogens with zero attached hydrogens (tertiary/aromatic N) is 2. The van der Waals surface area contributed by atoms with Crippen LogP contribution in [0.25, 0.3) is 11.0 Å². The van der Waals surface area contributed by atoms with Crippen LogP contribution >= 0.6 is 11.6 Å². The molecule has 0 spiro atoms. The number of rotatable bonds is 9. The molecule has 1 aromatic heterocycles. The largest absolute Gasteiger partial charge is 0.464 e. The summed E-state index contributed by atoms with van der Waals surface area (Å²) in [6.07, 6.45) is 2.76. The van der Waals surface area contributed by atoms with Gasteiger partial charge < -0.3 is 23.7 Å². The highest BCUT2D eigenvalue weighted by molar-refractivity contribution is 6.31. The van der Waals surface area contributed by atoms with Crippen LogP contribution in [0.3, 0.4) is 0 Å². The van der Waals surface area contributed by atoms with Crippen molar-refractivity contribution in [3.63, 3.8) is 0 Å². The lowest BCUT2D eigenvalue weighted by molar-refractivity contribution is -0.133. The second-order valence-corrected chi connectivity index (χ2v) is 9.56. The SMILES string of the molecule is C=CCN(CC(=O)N(Cc1ccc2c(c1)OCO2)Cc1coc2ccc(Cl)cc2c1=O)C(=O)c1ccccc1F. The van der Waals surface area contributed by atoms with E-state index in [4.69, 9.17) is 25.5 Å². The first kappa shape index (κ1) is 27.0. The first-order valence-electron chi connectivity index (χ1n) is 12.3. The van der Waals surface area contributed by atoms with Gasteiger partial charge in [-0.2, -0.15) is 0 Å². The summed E-state index contributed by atoms with van der Waals surface area (Å²) in [6.45, 7) is 3.35. The van der Waals surface area contributed by atoms with E-state index < -0.39 is 17.6 Å². The minimum absolute atomic E-state index is 0.00733. The number of ether oxygens (including phenoxy) is 2. The second-order valence-electron chi connectivity index (χ2n) is 9.12. The Hall–Kier alpha value is -4.63. The van der Waals surface area contributed by atoms with E-state index in [0.29, 0.717) is 27.7 Å². The minimum Gasteiger partial charge on any atom is -0.464 e. The molecule has 0 bridgehead atoms. The van der Waals surface area contributed by atoms with Crippen LogP contribution in [-0.4, -0.2) is 41.5 Å². The summed E-state index contributed by atoms with van der Waals surface area (Å²) in [5, 5.41) is 0.653. The minimum atomic E-state index is -0.696. The zero-order chi connectivity index (χ0) is 28.2. The van der Waals surface area contributed by atoms with E-state index in [2.05, 4.69) is 6.58 Å². The van der Waals surface area contributed by atoms with Crippen molar-refractivity contribution in [1.29, 1.82) is 0 Å². The average Bonchev–Trinajstić information content (AvgIpc) is 3.42. The zero-order valence-corrected chi connectivity index (χ0v) is 22.0. The Labute approximate surface area is 233 Å². The molecule has 0 N–H and O–H groups in total. The number of fused-ring (bicyclic) bond motifs is 2. The fourth-order valence-electron chi connectivity index (χ4n) is 4.39. The standard InChI is InChI=1S/C30H24ClFN2O6/c1-2-11-33(30(37)22-5-3-4-6-24(22)32)16-28(35)34(14-19-7-9-26-27(12-19)40-18-39-26)15-20-17-38-25-10-8-21(31)13-23(25)29(20)36/h2-10,12-13,17H,1,11,14-16,18H2. The summed E-state index contributed by atoms with van der Waals surface area (Å²) in [5.41, 5.74) is 0.796. The highest BCUT2D eigenvalue weighted by atomic mass is 35.5. The first-order valence-corrected chi connectivity index (χ1v) is 12.7. The van der Waals surface area contributed by atoms with Crippen LogP contribution in [-0.2, 0) is 17.9 Å². The molecule has 0 radical (unpaired) electrons. The molecule has 0 aliphatic carbocycles. The lowest BCUT2D eigenvalue weighted by Gasteiger charge is -2.27. The number of amides is 2. The van der Waals surface area contributed by atoms with Crippen molar-refractivity contribution in [1.82, 2.24) is 9.80 Å². The van der Waals surface area contributed by atoms with Crippen LogP contribution < -0.4 is 14.9 Å². The number of hydrogen-bond acceptors (Lipinski definition) is 6. The third-order valence-corrected chi connectivity index (χ3v) is 6.63. The van der Waals surface area contributed by atoms with Gasteiger partial charge in [-0.1, -0.05) is 35.9 Å². The van der Waals surface area contributed by atoms with Crippen molar-refractivity contribution < 1.29 is 27.9 Å². The molecule has 0 saturated carbocycles. The quantitative estimate of drug-likeness (QED) is 0.261. The lowest BCUT2D eigenvalue weighted by Crippen LogP contribution is -2.43. The Bertz CT molecular complexity index is 1670. The van der Waals surface area contributed by atoms with Crippen molar-refractivity contribution in [2.45, 2.75) is 13.1 Å². The van der Waals surface area contributed by atoms with Crippen LogP contribution in [0.2, 0.25) is 5.02 Å². The summed E-state index contributed by atoms with van der Waals surface area (Å²) in [6, 6.07) is 15.5. The van der Waals surface area contributed by atoms with Gasteiger partial charge in [0.25, 0.3) is 5.91 Å². The molecule has 1 aliphatic rings. The molecule has 2 heterocycles. The summed E-state index contributed by atoms with van der Waals surface area (Å²) >= 11 is 6.09. The smallest absolute Gasteiger partial charge is 0.257 e. The number of benzene rings is 3. The van der Waals surface area contributed by atoms with Crippen molar-refractivity contribution in [2.24, 2.45) is 0 Å². The lowest BCUT2D eigenvalue weighted by atomic mass is 10.1. The highest BCUT2D eigenvalue weighted by Gasteiger charge is 2.25. The Morgan fingerprint density at radius 2 is 1.80 bits per heavy atom. The Morgan fingerprint density at radius 1 is 1.00 bits per heavy atom. The maximum absolute atomic E-state index is 14.4. The molecule has 3 aromatic carbocycles. The molecule has 0 saturated heterocycles. The third-order valence-electron chi connectivity index (χ3n) is 6.40. The monoisotopic (exact) mass is 562 g/mol. The van der Waals surface area contributed by atoms with Gasteiger partial charge in [-0.15, -0.1) is 6.58 Å². The van der Waals surface area contributed by atoms with E-state index in [1.165, 1.54) is 46.4 Å². The Balaban J connectivity index is 1.46. The fraction of sp³-hybridized carbons (Fsp3) is 0.167. The molecule has 1 aliphatic heterocycles. The average molecular weight is 563 g/mol. The van der Waals surface area contributed by atoms with E-state index in [-0.39, 0.29) is 54.9 Å². The van der Waals surface area contributed by atoms with E-state index >= 15 is 0 Å². The molecule has 10 heteroatoms. The van der Waals surface area contributed by atoms with Gasteiger partial charge >= 0.3 is 0 Å². The van der Waals surface area contributed by atoms with Gasteiger partial charge in [0, 0.05) is 18.1 Å². The molecular weight excluding hydrogens is 539 g/mol. The van der Waals surface area contributed by atoms with Crippen molar-refractivity contribution in [2.75, 3.05) is 19.9 Å². The van der Waals surface area contributed by atoms with E-state index in [0.717, 1.165) is 0 Å². The fourth-order valence-corrected chi connectivity index (χ4v) is 4.57. The maximum Gasteiger partial charge on any atom is 0.257 e. The first-order chi connectivity index (χ1) is 19.3. The summed E-state index contributed by atoms with van der Waals surface area (Å²) < 4.78 is 30.9. The second kappa shape index (κ2) is 11.6. The summed E-state index contributed by atoms with van der Waals surface area (Å²) in [5.74, 6) is -0.711. The molecule has 2 amide bonds. The number of hydrogen-bond donors (Lipinski definition) is 0. The molecular formula is C30H24ClFN2O6. The van der Waals surface area contributed by atoms with Gasteiger partial charge in [-0.3, -0.25) is 14.4 Å². The number of carbonyl (C=O) groups excluding carboxylic acids is 2. The molecule has 0 atom stereocenters. The normalized spacial score (nSPS) is 11.8. The summed E-state index contributed by atoms with van der Waals surface area (Å²) in [4.78, 5) is 42.8. The predicted octanol–water partition coefficient (Wildman–Crippen LogP) is 5.17. The number of halogens is 2. The highest BCUT2D eigenvalue weighted by Crippen LogP contribution is 2.33. The van der Waals surface area contributed by atoms with Crippen LogP contribution in [0, 0.1) is 5.82 Å². The maximum atomic E-state index is 14.4.